The van der Waals surface area contributed by atoms with Crippen LogP contribution >= 0.6 is 0 Å². The molecule has 0 saturated heterocycles. The van der Waals surface area contributed by atoms with Gasteiger partial charge in [0, 0.05) is 12.1 Å². The van der Waals surface area contributed by atoms with Gasteiger partial charge >= 0.3 is 0 Å². The second-order valence-electron chi connectivity index (χ2n) is 6.42. The maximum atomic E-state index is 13.0. The topological polar surface area (TPSA) is 77.7 Å². The summed E-state index contributed by atoms with van der Waals surface area (Å²) >= 11 is 0. The van der Waals surface area contributed by atoms with E-state index in [1.54, 1.807) is 12.0 Å². The predicted octanol–water partition coefficient (Wildman–Crippen LogP) is 3.95. The molecule has 0 spiro atoms. The molecule has 0 aliphatic heterocycles. The van der Waals surface area contributed by atoms with Crippen LogP contribution in [0.15, 0.2) is 59.1 Å². The lowest BCUT2D eigenvalue weighted by Gasteiger charge is -2.25. The normalized spacial score (nSPS) is 11.7. The molecule has 7 heteroatoms. The number of hydrogen-bond acceptors (Lipinski definition) is 6. The number of nitrogens with zero attached hydrogens (tertiary/aromatic N) is 3. The number of benzene rings is 2. The van der Waals surface area contributed by atoms with Gasteiger partial charge in [-0.1, -0.05) is 30.3 Å². The maximum absolute atomic E-state index is 13.0. The average molecular weight is 395 g/mol. The van der Waals surface area contributed by atoms with Crippen LogP contribution in [0, 0.1) is 0 Å². The molecule has 1 aromatic heterocycles. The minimum Gasteiger partial charge on any atom is -0.497 e. The fourth-order valence-electron chi connectivity index (χ4n) is 2.86. The van der Waals surface area contributed by atoms with E-state index in [9.17, 15) is 4.79 Å². The molecule has 0 bridgehead atoms. The van der Waals surface area contributed by atoms with Gasteiger partial charge in [0.1, 0.15) is 18.0 Å². The summed E-state index contributed by atoms with van der Waals surface area (Å²) in [6.07, 6.45) is -0.00754. The third-order valence-electron chi connectivity index (χ3n) is 4.50. The van der Waals surface area contributed by atoms with E-state index in [1.165, 1.54) is 0 Å². The third kappa shape index (κ3) is 5.13. The molecule has 0 unspecified atom stereocenters. The summed E-state index contributed by atoms with van der Waals surface area (Å²) in [6.45, 7) is 4.57. The monoisotopic (exact) mass is 395 g/mol. The van der Waals surface area contributed by atoms with Crippen LogP contribution in [0.4, 0.5) is 0 Å². The Bertz CT molecular complexity index is 909. The number of carbonyl (C=O) groups excluding carboxylic acids is 1. The first-order chi connectivity index (χ1) is 14.1. The lowest BCUT2D eigenvalue weighted by molar-refractivity contribution is -0.139. The van der Waals surface area contributed by atoms with Crippen LogP contribution in [-0.4, -0.2) is 40.7 Å². The summed E-state index contributed by atoms with van der Waals surface area (Å²) in [5.74, 6) is 2.16. The van der Waals surface area contributed by atoms with Crippen molar-refractivity contribution in [1.82, 2.24) is 15.0 Å². The number of carbonyl (C=O) groups is 1. The van der Waals surface area contributed by atoms with E-state index in [0.29, 0.717) is 30.4 Å². The first-order valence-corrected chi connectivity index (χ1v) is 9.62. The van der Waals surface area contributed by atoms with Gasteiger partial charge in [-0.05, 0) is 49.7 Å². The first-order valence-electron chi connectivity index (χ1n) is 9.62. The Labute approximate surface area is 170 Å². The maximum Gasteiger partial charge on any atom is 0.264 e. The Morgan fingerprint density at radius 1 is 1.07 bits per heavy atom. The quantitative estimate of drug-likeness (QED) is 0.546. The molecular formula is C22H25N3O4. The zero-order valence-electron chi connectivity index (χ0n) is 16.9. The van der Waals surface area contributed by atoms with Crippen molar-refractivity contribution < 1.29 is 18.8 Å². The van der Waals surface area contributed by atoms with Crippen molar-refractivity contribution in [3.63, 3.8) is 0 Å². The van der Waals surface area contributed by atoms with E-state index in [2.05, 4.69) is 10.1 Å². The van der Waals surface area contributed by atoms with Crippen LogP contribution in [0.3, 0.4) is 0 Å². The van der Waals surface area contributed by atoms with Crippen molar-refractivity contribution in [3.05, 3.63) is 60.5 Å². The molecule has 0 saturated carbocycles. The molecule has 2 aromatic carbocycles. The molecule has 152 valence electrons. The first kappa shape index (κ1) is 20.4. The molecule has 1 amide bonds. The van der Waals surface area contributed by atoms with Crippen LogP contribution in [0.25, 0.3) is 11.4 Å². The van der Waals surface area contributed by atoms with Crippen molar-refractivity contribution in [1.29, 1.82) is 0 Å². The molecule has 0 aliphatic rings. The van der Waals surface area contributed by atoms with Crippen molar-refractivity contribution in [2.75, 3.05) is 13.7 Å². The Balaban J connectivity index is 1.68. The Morgan fingerprint density at radius 3 is 2.41 bits per heavy atom. The molecule has 7 nitrogen and oxygen atoms in total. The van der Waals surface area contributed by atoms with Crippen LogP contribution in [0.1, 0.15) is 26.2 Å². The molecule has 1 heterocycles. The summed E-state index contributed by atoms with van der Waals surface area (Å²) in [5, 5.41) is 4.03. The van der Waals surface area contributed by atoms with Gasteiger partial charge in [-0.2, -0.15) is 4.98 Å². The zero-order chi connectivity index (χ0) is 20.6. The van der Waals surface area contributed by atoms with Crippen LogP contribution in [0.5, 0.6) is 11.5 Å². The van der Waals surface area contributed by atoms with Crippen molar-refractivity contribution >= 4 is 5.91 Å². The van der Waals surface area contributed by atoms with Gasteiger partial charge in [0.2, 0.25) is 11.7 Å². The van der Waals surface area contributed by atoms with E-state index < -0.39 is 6.10 Å². The van der Waals surface area contributed by atoms with E-state index in [1.807, 2.05) is 68.4 Å². The number of hydrogen-bond donors (Lipinski definition) is 0. The number of likely N-dealkylation sites (N-methyl/N-ethyl adjacent to an activating group) is 1. The van der Waals surface area contributed by atoms with Crippen molar-refractivity contribution in [2.24, 2.45) is 0 Å². The van der Waals surface area contributed by atoms with E-state index in [-0.39, 0.29) is 12.5 Å². The van der Waals surface area contributed by atoms with Gasteiger partial charge in [-0.25, -0.2) is 0 Å². The second-order valence-corrected chi connectivity index (χ2v) is 6.42. The fourth-order valence-corrected chi connectivity index (χ4v) is 2.86. The van der Waals surface area contributed by atoms with E-state index in [0.717, 1.165) is 11.3 Å². The zero-order valence-corrected chi connectivity index (χ0v) is 16.9. The van der Waals surface area contributed by atoms with Crippen molar-refractivity contribution in [3.8, 4) is 22.9 Å². The second kappa shape index (κ2) is 9.73. The number of rotatable bonds is 9. The molecule has 3 rings (SSSR count). The SMILES string of the molecule is CC[C@H](Oc1ccccc1)C(=O)N(CC)Cc1nc(-c2ccc(OC)cc2)no1. The largest absolute Gasteiger partial charge is 0.497 e. The molecule has 0 fully saturated rings. The smallest absolute Gasteiger partial charge is 0.264 e. The number of methoxy groups -OCH3 is 1. The Kier molecular flexibility index (Phi) is 6.84. The molecular weight excluding hydrogens is 370 g/mol. The van der Waals surface area contributed by atoms with Gasteiger partial charge < -0.3 is 18.9 Å². The number of aromatic nitrogens is 2. The van der Waals surface area contributed by atoms with Gasteiger partial charge in [-0.3, -0.25) is 4.79 Å². The lowest BCUT2D eigenvalue weighted by atomic mass is 10.2. The summed E-state index contributed by atoms with van der Waals surface area (Å²) < 4.78 is 16.4. The van der Waals surface area contributed by atoms with Crippen molar-refractivity contribution in [2.45, 2.75) is 32.9 Å². The lowest BCUT2D eigenvalue weighted by Crippen LogP contribution is -2.41. The standard InChI is InChI=1S/C22H25N3O4/c1-4-19(28-18-9-7-6-8-10-18)22(26)25(5-2)15-20-23-21(24-29-20)16-11-13-17(27-3)14-12-16/h6-14,19H,4-5,15H2,1-3H3/t19-/m0/s1. The van der Waals surface area contributed by atoms with Gasteiger partial charge in [0.25, 0.3) is 5.91 Å². The summed E-state index contributed by atoms with van der Waals surface area (Å²) in [4.78, 5) is 19.0. The number of para-hydroxylation sites is 1. The average Bonchev–Trinajstić information content (AvgIpc) is 3.24. The summed E-state index contributed by atoms with van der Waals surface area (Å²) in [6, 6.07) is 16.7. The molecule has 29 heavy (non-hydrogen) atoms. The van der Waals surface area contributed by atoms with Crippen LogP contribution in [-0.2, 0) is 11.3 Å². The van der Waals surface area contributed by atoms with Gasteiger partial charge in [0.15, 0.2) is 6.10 Å². The van der Waals surface area contributed by atoms with Gasteiger partial charge in [-0.15, -0.1) is 0 Å². The molecule has 1 atom stereocenters. The number of amides is 1. The highest BCUT2D eigenvalue weighted by Crippen LogP contribution is 2.20. The highest BCUT2D eigenvalue weighted by Gasteiger charge is 2.25. The molecule has 0 aliphatic carbocycles. The third-order valence-corrected chi connectivity index (χ3v) is 4.50. The van der Waals surface area contributed by atoms with E-state index >= 15 is 0 Å². The molecule has 0 radical (unpaired) electrons. The van der Waals surface area contributed by atoms with Crippen LogP contribution < -0.4 is 9.47 Å². The number of ether oxygens (including phenoxy) is 2. The predicted molar refractivity (Wildman–Crippen MR) is 109 cm³/mol. The van der Waals surface area contributed by atoms with Gasteiger partial charge in [0.05, 0.1) is 7.11 Å². The highest BCUT2D eigenvalue weighted by atomic mass is 16.5. The van der Waals surface area contributed by atoms with Crippen LogP contribution in [0.2, 0.25) is 0 Å². The van der Waals surface area contributed by atoms with E-state index in [4.69, 9.17) is 14.0 Å². The Morgan fingerprint density at radius 2 is 1.79 bits per heavy atom. The minimum atomic E-state index is -0.568. The Hall–Kier alpha value is -3.35. The summed E-state index contributed by atoms with van der Waals surface area (Å²) in [5.41, 5.74) is 0.814. The fraction of sp³-hybridized carbons (Fsp3) is 0.318. The highest BCUT2D eigenvalue weighted by molar-refractivity contribution is 5.81. The molecule has 0 N–H and O–H groups in total. The molecule has 3 aromatic rings. The minimum absolute atomic E-state index is 0.108. The summed E-state index contributed by atoms with van der Waals surface area (Å²) in [7, 11) is 1.61.